The molecule has 1 unspecified atom stereocenters. The number of rotatable bonds is 8. The Labute approximate surface area is 135 Å². The van der Waals surface area contributed by atoms with E-state index in [1.165, 1.54) is 5.56 Å². The normalized spacial score (nSPS) is 12.5. The van der Waals surface area contributed by atoms with Crippen molar-refractivity contribution in [2.24, 2.45) is 0 Å². The minimum atomic E-state index is 0.243. The van der Waals surface area contributed by atoms with Gasteiger partial charge in [-0.3, -0.25) is 4.98 Å². The fraction of sp³-hybridized carbons (Fsp3) is 0.500. The van der Waals surface area contributed by atoms with Crippen LogP contribution in [-0.4, -0.2) is 21.1 Å². The third-order valence-electron chi connectivity index (χ3n) is 3.42. The maximum atomic E-state index is 4.52. The van der Waals surface area contributed by atoms with E-state index in [0.29, 0.717) is 0 Å². The highest BCUT2D eigenvalue weighted by molar-refractivity contribution is 9.10. The van der Waals surface area contributed by atoms with Crippen LogP contribution in [-0.2, 0) is 13.0 Å². The van der Waals surface area contributed by atoms with Gasteiger partial charge in [0.25, 0.3) is 0 Å². The van der Waals surface area contributed by atoms with Crippen LogP contribution in [0.15, 0.2) is 35.3 Å². The number of pyridine rings is 1. The number of aromatic nitrogens is 3. The Morgan fingerprint density at radius 1 is 1.29 bits per heavy atom. The molecule has 0 aromatic carbocycles. The van der Waals surface area contributed by atoms with Crippen LogP contribution in [0.3, 0.4) is 0 Å². The molecule has 0 radical (unpaired) electrons. The Morgan fingerprint density at radius 2 is 2.14 bits per heavy atom. The van der Waals surface area contributed by atoms with E-state index >= 15 is 0 Å². The number of aryl methyl sites for hydroxylation is 1. The van der Waals surface area contributed by atoms with E-state index in [1.807, 2.05) is 18.6 Å². The lowest BCUT2D eigenvalue weighted by molar-refractivity contribution is 0.501. The molecule has 2 aromatic rings. The average molecular weight is 351 g/mol. The number of imidazole rings is 1. The SMILES string of the molecule is CCCNC(Cc1nccn1CCC)c1cncc(Br)c1. The third kappa shape index (κ3) is 4.64. The van der Waals surface area contributed by atoms with Crippen molar-refractivity contribution in [3.05, 3.63) is 46.7 Å². The van der Waals surface area contributed by atoms with Crippen molar-refractivity contribution >= 4 is 15.9 Å². The number of halogens is 1. The van der Waals surface area contributed by atoms with Gasteiger partial charge in [0.05, 0.1) is 0 Å². The van der Waals surface area contributed by atoms with Gasteiger partial charge in [-0.2, -0.15) is 0 Å². The van der Waals surface area contributed by atoms with Crippen LogP contribution in [0.2, 0.25) is 0 Å². The Bertz CT molecular complexity index is 553. The molecular weight excluding hydrogens is 328 g/mol. The first-order chi connectivity index (χ1) is 10.2. The van der Waals surface area contributed by atoms with Crippen molar-refractivity contribution < 1.29 is 0 Å². The first-order valence-electron chi connectivity index (χ1n) is 7.58. The topological polar surface area (TPSA) is 42.7 Å². The summed E-state index contributed by atoms with van der Waals surface area (Å²) in [5.74, 6) is 1.13. The van der Waals surface area contributed by atoms with Gasteiger partial charge in [0.1, 0.15) is 5.82 Å². The Balaban J connectivity index is 2.17. The highest BCUT2D eigenvalue weighted by Crippen LogP contribution is 2.20. The van der Waals surface area contributed by atoms with Crippen molar-refractivity contribution in [1.82, 2.24) is 19.9 Å². The van der Waals surface area contributed by atoms with E-state index in [9.17, 15) is 0 Å². The van der Waals surface area contributed by atoms with Gasteiger partial charge < -0.3 is 9.88 Å². The maximum Gasteiger partial charge on any atom is 0.110 e. The molecule has 4 nitrogen and oxygen atoms in total. The highest BCUT2D eigenvalue weighted by Gasteiger charge is 2.15. The minimum absolute atomic E-state index is 0.243. The smallest absolute Gasteiger partial charge is 0.110 e. The molecule has 1 N–H and O–H groups in total. The van der Waals surface area contributed by atoms with E-state index < -0.39 is 0 Å². The van der Waals surface area contributed by atoms with Crippen molar-refractivity contribution in [2.45, 2.75) is 45.7 Å². The minimum Gasteiger partial charge on any atom is -0.335 e. The van der Waals surface area contributed by atoms with Crippen LogP contribution in [0, 0.1) is 0 Å². The standard InChI is InChI=1S/C16H23BrN4/c1-3-5-19-15(13-9-14(17)12-18-11-13)10-16-20-6-8-21(16)7-4-2/h6,8-9,11-12,15,19H,3-5,7,10H2,1-2H3. The molecule has 2 aromatic heterocycles. The molecule has 0 bridgehead atoms. The molecule has 0 aliphatic carbocycles. The molecule has 0 spiro atoms. The van der Waals surface area contributed by atoms with Gasteiger partial charge in [0.15, 0.2) is 0 Å². The number of nitrogens with zero attached hydrogens (tertiary/aromatic N) is 3. The van der Waals surface area contributed by atoms with Crippen molar-refractivity contribution in [1.29, 1.82) is 0 Å². The second-order valence-corrected chi connectivity index (χ2v) is 6.10. The second kappa shape index (κ2) is 8.29. The van der Waals surface area contributed by atoms with Crippen molar-refractivity contribution in [2.75, 3.05) is 6.54 Å². The van der Waals surface area contributed by atoms with Crippen LogP contribution in [0.4, 0.5) is 0 Å². The molecule has 0 aliphatic heterocycles. The van der Waals surface area contributed by atoms with Crippen LogP contribution in [0.5, 0.6) is 0 Å². The summed E-state index contributed by atoms with van der Waals surface area (Å²) < 4.78 is 3.26. The van der Waals surface area contributed by atoms with Crippen LogP contribution < -0.4 is 5.32 Å². The molecule has 5 heteroatoms. The largest absolute Gasteiger partial charge is 0.335 e. The van der Waals surface area contributed by atoms with E-state index in [4.69, 9.17) is 0 Å². The molecular formula is C16H23BrN4. The van der Waals surface area contributed by atoms with Gasteiger partial charge >= 0.3 is 0 Å². The zero-order valence-electron chi connectivity index (χ0n) is 12.7. The van der Waals surface area contributed by atoms with Gasteiger partial charge in [-0.1, -0.05) is 13.8 Å². The van der Waals surface area contributed by atoms with E-state index in [1.54, 1.807) is 0 Å². The van der Waals surface area contributed by atoms with Gasteiger partial charge in [0.2, 0.25) is 0 Å². The summed E-state index contributed by atoms with van der Waals surface area (Å²) in [4.78, 5) is 8.81. The summed E-state index contributed by atoms with van der Waals surface area (Å²) in [5.41, 5.74) is 1.20. The number of hydrogen-bond donors (Lipinski definition) is 1. The van der Waals surface area contributed by atoms with E-state index in [2.05, 4.69) is 61.9 Å². The molecule has 2 rings (SSSR count). The maximum absolute atomic E-state index is 4.52. The molecule has 0 saturated heterocycles. The number of hydrogen-bond acceptors (Lipinski definition) is 3. The lowest BCUT2D eigenvalue weighted by atomic mass is 10.1. The van der Waals surface area contributed by atoms with Crippen molar-refractivity contribution in [3.8, 4) is 0 Å². The average Bonchev–Trinajstić information content (AvgIpc) is 2.91. The fourth-order valence-corrected chi connectivity index (χ4v) is 2.78. The van der Waals surface area contributed by atoms with Gasteiger partial charge in [-0.25, -0.2) is 4.98 Å². The Morgan fingerprint density at radius 3 is 2.86 bits per heavy atom. The first kappa shape index (κ1) is 16.2. The van der Waals surface area contributed by atoms with Crippen molar-refractivity contribution in [3.63, 3.8) is 0 Å². The fourth-order valence-electron chi connectivity index (χ4n) is 2.40. The Hall–Kier alpha value is -1.20. The molecule has 2 heterocycles. The molecule has 1 atom stereocenters. The summed E-state index contributed by atoms with van der Waals surface area (Å²) in [5, 5.41) is 3.61. The zero-order chi connectivity index (χ0) is 15.1. The molecule has 0 amide bonds. The third-order valence-corrected chi connectivity index (χ3v) is 3.86. The molecule has 114 valence electrons. The second-order valence-electron chi connectivity index (χ2n) is 5.18. The van der Waals surface area contributed by atoms with Crippen LogP contribution >= 0.6 is 15.9 Å². The van der Waals surface area contributed by atoms with Gasteiger partial charge in [-0.05, 0) is 46.9 Å². The summed E-state index contributed by atoms with van der Waals surface area (Å²) in [7, 11) is 0. The van der Waals surface area contributed by atoms with Gasteiger partial charge in [-0.15, -0.1) is 0 Å². The van der Waals surface area contributed by atoms with Crippen LogP contribution in [0.25, 0.3) is 0 Å². The van der Waals surface area contributed by atoms with E-state index in [0.717, 1.165) is 42.6 Å². The molecule has 0 fully saturated rings. The first-order valence-corrected chi connectivity index (χ1v) is 8.37. The lowest BCUT2D eigenvalue weighted by Crippen LogP contribution is -2.25. The molecule has 21 heavy (non-hydrogen) atoms. The number of nitrogens with one attached hydrogen (secondary N) is 1. The van der Waals surface area contributed by atoms with E-state index in [-0.39, 0.29) is 6.04 Å². The monoisotopic (exact) mass is 350 g/mol. The summed E-state index contributed by atoms with van der Waals surface area (Å²) in [6.07, 6.45) is 10.8. The van der Waals surface area contributed by atoms with Gasteiger partial charge in [0, 0.05) is 48.3 Å². The summed E-state index contributed by atoms with van der Waals surface area (Å²) in [6.45, 7) is 6.38. The lowest BCUT2D eigenvalue weighted by Gasteiger charge is -2.19. The summed E-state index contributed by atoms with van der Waals surface area (Å²) >= 11 is 3.50. The Kier molecular flexibility index (Phi) is 6.39. The zero-order valence-corrected chi connectivity index (χ0v) is 14.3. The van der Waals surface area contributed by atoms with Crippen LogP contribution in [0.1, 0.15) is 44.1 Å². The predicted octanol–water partition coefficient (Wildman–Crippen LogP) is 3.73. The summed E-state index contributed by atoms with van der Waals surface area (Å²) in [6, 6.07) is 2.38. The molecule has 0 aliphatic rings. The predicted molar refractivity (Wildman–Crippen MR) is 89.2 cm³/mol. The highest BCUT2D eigenvalue weighted by atomic mass is 79.9. The quantitative estimate of drug-likeness (QED) is 0.788. The molecule has 0 saturated carbocycles.